The van der Waals surface area contributed by atoms with E-state index >= 15 is 0 Å². The fraction of sp³-hybridized carbons (Fsp3) is 0. The van der Waals surface area contributed by atoms with Gasteiger partial charge in [-0.05, 0) is 0 Å². The summed E-state index contributed by atoms with van der Waals surface area (Å²) >= 11 is 0.125. The van der Waals surface area contributed by atoms with E-state index in [0.29, 0.717) is 0 Å². The predicted octanol–water partition coefficient (Wildman–Crippen LogP) is -2.49. The van der Waals surface area contributed by atoms with E-state index in [9.17, 15) is 0 Å². The van der Waals surface area contributed by atoms with E-state index in [0.717, 1.165) is 0 Å². The molecule has 0 aliphatic heterocycles. The van der Waals surface area contributed by atoms with E-state index in [1.54, 1.807) is 0 Å². The molecule has 0 aromatic rings. The fourth-order valence-electron chi connectivity index (χ4n) is 0. The summed E-state index contributed by atoms with van der Waals surface area (Å²) in [7, 11) is 0. The molecule has 0 atom stereocenters. The average Bonchev–Trinajstić information content (AvgIpc) is 1.00. The molecule has 1 nitrogen and oxygen atoms in total. The first kappa shape index (κ1) is 24.1. The molecule has 5 heavy (non-hydrogen) atoms. The minimum atomic E-state index is 0. The third-order valence-electron chi connectivity index (χ3n) is 0. The monoisotopic (exact) mass is 370 g/mol. The average molecular weight is 373 g/mol. The van der Waals surface area contributed by atoms with Crippen LogP contribution in [0.15, 0.2) is 0 Å². The zero-order valence-electron chi connectivity index (χ0n) is 1.62. The van der Waals surface area contributed by atoms with E-state index in [4.69, 9.17) is 3.57 Å². The first-order valence-corrected chi connectivity index (χ1v) is 1.50. The van der Waals surface area contributed by atoms with Gasteiger partial charge in [0, 0.05) is 40.8 Å². The SMILES string of the molecule is [AlH3].[InH3].[Nd].[O]=[Zn]. The fourth-order valence-corrected chi connectivity index (χ4v) is 0. The van der Waals surface area contributed by atoms with Crippen molar-refractivity contribution in [2.75, 3.05) is 0 Å². The second-order valence-corrected chi connectivity index (χ2v) is 0. The molecule has 0 aromatic carbocycles. The van der Waals surface area contributed by atoms with Crippen LogP contribution in [0.3, 0.4) is 0 Å². The molecule has 0 heterocycles. The Morgan fingerprint density at radius 1 is 1.20 bits per heavy atom. The Morgan fingerprint density at radius 3 is 1.20 bits per heavy atom. The van der Waals surface area contributed by atoms with Crippen LogP contribution in [0.25, 0.3) is 0 Å². The quantitative estimate of drug-likeness (QED) is 0.430. The van der Waals surface area contributed by atoms with Crippen molar-refractivity contribution in [1.82, 2.24) is 0 Å². The topological polar surface area (TPSA) is 17.1 Å². The second kappa shape index (κ2) is 27.1. The van der Waals surface area contributed by atoms with E-state index in [1.807, 2.05) is 0 Å². The third-order valence-corrected chi connectivity index (χ3v) is 0. The van der Waals surface area contributed by atoms with Crippen molar-refractivity contribution < 1.29 is 62.7 Å². The van der Waals surface area contributed by atoms with Crippen molar-refractivity contribution in [3.05, 3.63) is 0 Å². The molecule has 0 spiro atoms. The Hall–Kier alpha value is 3.18. The molecule has 24 valence electrons. The molecule has 0 aliphatic rings. The summed E-state index contributed by atoms with van der Waals surface area (Å²) in [6, 6.07) is 0. The minimum absolute atomic E-state index is 0. The molecule has 0 fully saturated rings. The van der Waals surface area contributed by atoms with Gasteiger partial charge in [-0.2, -0.15) is 0 Å². The molecular formula is H6AlInNdOZn. The van der Waals surface area contributed by atoms with Crippen molar-refractivity contribution >= 4 is 43.2 Å². The summed E-state index contributed by atoms with van der Waals surface area (Å²) in [4.78, 5) is 0. The van der Waals surface area contributed by atoms with Crippen LogP contribution in [0, 0.1) is 40.8 Å². The van der Waals surface area contributed by atoms with Gasteiger partial charge in [0.25, 0.3) is 0 Å². The zero-order chi connectivity index (χ0) is 2.00. The zero-order valence-corrected chi connectivity index (χ0v) is 7.79. The predicted molar refractivity (Wildman–Crippen MR) is 20.6 cm³/mol. The molecule has 0 radical (unpaired) electrons. The van der Waals surface area contributed by atoms with Gasteiger partial charge in [-0.3, -0.25) is 0 Å². The van der Waals surface area contributed by atoms with E-state index < -0.39 is 0 Å². The van der Waals surface area contributed by atoms with Gasteiger partial charge >= 0.3 is 47.7 Å². The van der Waals surface area contributed by atoms with Gasteiger partial charge in [-0.1, -0.05) is 0 Å². The van der Waals surface area contributed by atoms with Gasteiger partial charge in [-0.15, -0.1) is 0 Å². The summed E-state index contributed by atoms with van der Waals surface area (Å²) in [5.74, 6) is 0. The van der Waals surface area contributed by atoms with Crippen LogP contribution >= 0.6 is 0 Å². The summed E-state index contributed by atoms with van der Waals surface area (Å²) in [6.45, 7) is 0. The molecule has 0 aliphatic carbocycles. The van der Waals surface area contributed by atoms with E-state index in [1.165, 1.54) is 0 Å². The van der Waals surface area contributed by atoms with Gasteiger partial charge in [0.1, 0.15) is 0 Å². The Morgan fingerprint density at radius 2 is 1.20 bits per heavy atom. The van der Waals surface area contributed by atoms with Crippen LogP contribution in [0.5, 0.6) is 0 Å². The first-order valence-electron chi connectivity index (χ1n) is 0.289. The Kier molecular flexibility index (Phi) is 131. The Bertz CT molecular complexity index is 11.6. The molecule has 0 amide bonds. The van der Waals surface area contributed by atoms with Crippen LogP contribution in [0.4, 0.5) is 0 Å². The molecule has 0 rings (SSSR count). The van der Waals surface area contributed by atoms with Gasteiger partial charge in [0.05, 0.1) is 0 Å². The number of rotatable bonds is 0. The standard InChI is InChI=1S/Al.In.Nd.O.Zn.6H. The van der Waals surface area contributed by atoms with Crippen LogP contribution < -0.4 is 0 Å². The van der Waals surface area contributed by atoms with Crippen LogP contribution in [-0.4, -0.2) is 43.2 Å². The molecule has 0 N–H and O–H groups in total. The molecule has 0 bridgehead atoms. The summed E-state index contributed by atoms with van der Waals surface area (Å²) in [5, 5.41) is 0. The van der Waals surface area contributed by atoms with Crippen LogP contribution in [0.1, 0.15) is 0 Å². The van der Waals surface area contributed by atoms with Crippen molar-refractivity contribution in [1.29, 1.82) is 0 Å². The van der Waals surface area contributed by atoms with Crippen molar-refractivity contribution in [3.63, 3.8) is 0 Å². The van der Waals surface area contributed by atoms with E-state index in [-0.39, 0.29) is 102 Å². The number of hydrogen-bond acceptors (Lipinski definition) is 1. The molecule has 0 aromatic heterocycles. The Balaban J connectivity index is -0.00000000167. The summed E-state index contributed by atoms with van der Waals surface area (Å²) < 4.78 is 8.38. The van der Waals surface area contributed by atoms with E-state index in [2.05, 4.69) is 0 Å². The molecular weight excluding hydrogens is 367 g/mol. The summed E-state index contributed by atoms with van der Waals surface area (Å²) in [6.07, 6.45) is 0. The maximum absolute atomic E-state index is 8.38. The van der Waals surface area contributed by atoms with Crippen molar-refractivity contribution in [2.45, 2.75) is 0 Å². The normalized spacial score (nSPS) is 1.20. The van der Waals surface area contributed by atoms with Crippen LogP contribution in [0.2, 0.25) is 0 Å². The maximum atomic E-state index is 8.38. The van der Waals surface area contributed by atoms with Gasteiger partial charge in [-0.25, -0.2) is 0 Å². The van der Waals surface area contributed by atoms with Gasteiger partial charge in [0.15, 0.2) is 17.4 Å². The number of hydrogen-bond donors (Lipinski definition) is 0. The van der Waals surface area contributed by atoms with Crippen molar-refractivity contribution in [3.8, 4) is 0 Å². The summed E-state index contributed by atoms with van der Waals surface area (Å²) in [5.41, 5.74) is 0. The van der Waals surface area contributed by atoms with Crippen molar-refractivity contribution in [2.24, 2.45) is 0 Å². The Labute approximate surface area is 103 Å². The van der Waals surface area contributed by atoms with Gasteiger partial charge < -0.3 is 0 Å². The molecule has 0 saturated heterocycles. The first-order chi connectivity index (χ1) is 1.00. The third kappa shape index (κ3) is 19.1. The molecule has 5 heteroatoms. The second-order valence-electron chi connectivity index (χ2n) is 0. The van der Waals surface area contributed by atoms with Crippen LogP contribution in [-0.2, 0) is 21.8 Å². The molecule has 0 saturated carbocycles. The molecule has 0 unspecified atom stereocenters. The van der Waals surface area contributed by atoms with Gasteiger partial charge in [0.2, 0.25) is 0 Å².